The molecule has 1 aliphatic heterocycles. The molecule has 20 heavy (non-hydrogen) atoms. The maximum absolute atomic E-state index is 11.9. The van der Waals surface area contributed by atoms with E-state index in [1.54, 1.807) is 18.2 Å². The fraction of sp³-hybridized carbons (Fsp3) is 0.429. The molecule has 5 nitrogen and oxygen atoms in total. The molecule has 1 aromatic carbocycles. The van der Waals surface area contributed by atoms with Crippen LogP contribution in [-0.4, -0.2) is 24.5 Å². The summed E-state index contributed by atoms with van der Waals surface area (Å²) in [6, 6.07) is 4.82. The Balaban J connectivity index is 1.96. The Labute approximate surface area is 122 Å². The van der Waals surface area contributed by atoms with Crippen LogP contribution in [0.2, 0.25) is 5.02 Å². The van der Waals surface area contributed by atoms with Crippen molar-refractivity contribution in [2.45, 2.75) is 31.8 Å². The average Bonchev–Trinajstić information content (AvgIpc) is 2.89. The number of ether oxygens (including phenoxy) is 1. The van der Waals surface area contributed by atoms with Crippen molar-refractivity contribution in [1.82, 2.24) is 0 Å². The van der Waals surface area contributed by atoms with Crippen LogP contribution in [0, 0.1) is 0 Å². The SMILES string of the molecule is NC(=O)c1c(Cl)cccc1NC(=O)CCC1CCCO1. The van der Waals surface area contributed by atoms with E-state index in [1.165, 1.54) is 0 Å². The van der Waals surface area contributed by atoms with Crippen molar-refractivity contribution in [3.63, 3.8) is 0 Å². The van der Waals surface area contributed by atoms with Gasteiger partial charge in [-0.2, -0.15) is 0 Å². The van der Waals surface area contributed by atoms with Crippen LogP contribution in [0.5, 0.6) is 0 Å². The second-order valence-electron chi connectivity index (χ2n) is 4.75. The van der Waals surface area contributed by atoms with Crippen LogP contribution in [0.15, 0.2) is 18.2 Å². The Morgan fingerprint density at radius 1 is 1.45 bits per heavy atom. The van der Waals surface area contributed by atoms with Crippen molar-refractivity contribution in [3.05, 3.63) is 28.8 Å². The standard InChI is InChI=1S/C14H17ClN2O3/c15-10-4-1-5-11(13(10)14(16)19)17-12(18)7-6-9-3-2-8-20-9/h1,4-5,9H,2-3,6-8H2,(H2,16,19)(H,17,18). The summed E-state index contributed by atoms with van der Waals surface area (Å²) in [5.74, 6) is -0.838. The molecule has 0 aliphatic carbocycles. The lowest BCUT2D eigenvalue weighted by Crippen LogP contribution is -2.19. The van der Waals surface area contributed by atoms with Gasteiger partial charge in [-0.05, 0) is 31.4 Å². The molecule has 2 amide bonds. The number of carbonyl (C=O) groups is 2. The molecule has 0 aromatic heterocycles. The number of halogens is 1. The summed E-state index contributed by atoms with van der Waals surface area (Å²) in [5, 5.41) is 2.91. The minimum absolute atomic E-state index is 0.139. The molecule has 108 valence electrons. The van der Waals surface area contributed by atoms with Gasteiger partial charge in [0.15, 0.2) is 0 Å². The fourth-order valence-electron chi connectivity index (χ4n) is 2.26. The molecule has 1 fully saturated rings. The Kier molecular flexibility index (Phi) is 4.98. The van der Waals surface area contributed by atoms with Crippen molar-refractivity contribution in [1.29, 1.82) is 0 Å². The van der Waals surface area contributed by atoms with Gasteiger partial charge < -0.3 is 15.8 Å². The van der Waals surface area contributed by atoms with Crippen LogP contribution in [0.25, 0.3) is 0 Å². The first kappa shape index (κ1) is 14.8. The zero-order chi connectivity index (χ0) is 14.5. The smallest absolute Gasteiger partial charge is 0.252 e. The van der Waals surface area contributed by atoms with E-state index in [0.717, 1.165) is 19.4 Å². The molecular weight excluding hydrogens is 280 g/mol. The molecule has 0 radical (unpaired) electrons. The maximum Gasteiger partial charge on any atom is 0.252 e. The van der Waals surface area contributed by atoms with Crippen LogP contribution in [0.1, 0.15) is 36.0 Å². The molecule has 1 aliphatic rings. The number of anilines is 1. The molecule has 0 saturated carbocycles. The van der Waals surface area contributed by atoms with Crippen molar-refractivity contribution in [2.24, 2.45) is 5.73 Å². The zero-order valence-corrected chi connectivity index (χ0v) is 11.8. The summed E-state index contributed by atoms with van der Waals surface area (Å²) in [4.78, 5) is 23.3. The molecule has 1 heterocycles. The van der Waals surface area contributed by atoms with Crippen LogP contribution >= 0.6 is 11.6 Å². The number of carbonyl (C=O) groups excluding carboxylic acids is 2. The van der Waals surface area contributed by atoms with E-state index < -0.39 is 5.91 Å². The van der Waals surface area contributed by atoms with E-state index >= 15 is 0 Å². The second-order valence-corrected chi connectivity index (χ2v) is 5.16. The van der Waals surface area contributed by atoms with Gasteiger partial charge in [-0.1, -0.05) is 17.7 Å². The third-order valence-corrected chi connectivity index (χ3v) is 3.57. The lowest BCUT2D eigenvalue weighted by atomic mass is 10.1. The van der Waals surface area contributed by atoms with Crippen LogP contribution in [-0.2, 0) is 9.53 Å². The second kappa shape index (κ2) is 6.72. The van der Waals surface area contributed by atoms with Crippen molar-refractivity contribution >= 4 is 29.1 Å². The first-order valence-electron chi connectivity index (χ1n) is 6.57. The summed E-state index contributed by atoms with van der Waals surface area (Å²) < 4.78 is 5.46. The molecule has 0 spiro atoms. The first-order valence-corrected chi connectivity index (χ1v) is 6.95. The van der Waals surface area contributed by atoms with E-state index in [0.29, 0.717) is 18.5 Å². The molecule has 1 saturated heterocycles. The largest absolute Gasteiger partial charge is 0.378 e. The lowest BCUT2D eigenvalue weighted by molar-refractivity contribution is -0.116. The highest BCUT2D eigenvalue weighted by Gasteiger charge is 2.18. The molecular formula is C14H17ClN2O3. The molecule has 3 N–H and O–H groups in total. The average molecular weight is 297 g/mol. The van der Waals surface area contributed by atoms with Crippen molar-refractivity contribution in [3.8, 4) is 0 Å². The number of nitrogens with two attached hydrogens (primary N) is 1. The monoisotopic (exact) mass is 296 g/mol. The maximum atomic E-state index is 11.9. The zero-order valence-electron chi connectivity index (χ0n) is 11.0. The van der Waals surface area contributed by atoms with Crippen LogP contribution in [0.3, 0.4) is 0 Å². The number of nitrogens with one attached hydrogen (secondary N) is 1. The molecule has 1 atom stereocenters. The summed E-state index contributed by atoms with van der Waals surface area (Å²) in [6.07, 6.45) is 3.23. The molecule has 0 bridgehead atoms. The third-order valence-electron chi connectivity index (χ3n) is 3.25. The van der Waals surface area contributed by atoms with E-state index in [1.807, 2.05) is 0 Å². The normalized spacial score (nSPS) is 17.9. The molecule has 1 aromatic rings. The van der Waals surface area contributed by atoms with Crippen LogP contribution in [0.4, 0.5) is 5.69 Å². The van der Waals surface area contributed by atoms with Gasteiger partial charge in [0, 0.05) is 13.0 Å². The van der Waals surface area contributed by atoms with Gasteiger partial charge in [0.25, 0.3) is 5.91 Å². The number of amides is 2. The summed E-state index contributed by atoms with van der Waals surface area (Å²) in [6.45, 7) is 0.770. The Morgan fingerprint density at radius 2 is 2.25 bits per heavy atom. The quantitative estimate of drug-likeness (QED) is 0.875. The van der Waals surface area contributed by atoms with Crippen molar-refractivity contribution in [2.75, 3.05) is 11.9 Å². The Bertz CT molecular complexity index is 513. The van der Waals surface area contributed by atoms with Gasteiger partial charge in [0.2, 0.25) is 5.91 Å². The Morgan fingerprint density at radius 3 is 2.90 bits per heavy atom. The predicted molar refractivity (Wildman–Crippen MR) is 76.8 cm³/mol. The van der Waals surface area contributed by atoms with Gasteiger partial charge in [-0.3, -0.25) is 9.59 Å². The van der Waals surface area contributed by atoms with Gasteiger partial charge in [0.1, 0.15) is 0 Å². The third kappa shape index (κ3) is 3.71. The van der Waals surface area contributed by atoms with E-state index in [4.69, 9.17) is 22.1 Å². The van der Waals surface area contributed by atoms with Gasteiger partial charge in [-0.25, -0.2) is 0 Å². The van der Waals surface area contributed by atoms with E-state index in [-0.39, 0.29) is 22.6 Å². The van der Waals surface area contributed by atoms with E-state index in [2.05, 4.69) is 5.32 Å². The minimum Gasteiger partial charge on any atom is -0.378 e. The van der Waals surface area contributed by atoms with Crippen molar-refractivity contribution < 1.29 is 14.3 Å². The molecule has 1 unspecified atom stereocenters. The first-order chi connectivity index (χ1) is 9.58. The highest BCUT2D eigenvalue weighted by molar-refractivity contribution is 6.34. The van der Waals surface area contributed by atoms with Gasteiger partial charge >= 0.3 is 0 Å². The summed E-state index contributed by atoms with van der Waals surface area (Å²) in [7, 11) is 0. The van der Waals surface area contributed by atoms with Gasteiger partial charge in [-0.15, -0.1) is 0 Å². The highest BCUT2D eigenvalue weighted by Crippen LogP contribution is 2.24. The fourth-order valence-corrected chi connectivity index (χ4v) is 2.52. The number of rotatable bonds is 5. The van der Waals surface area contributed by atoms with E-state index in [9.17, 15) is 9.59 Å². The topological polar surface area (TPSA) is 81.4 Å². The Hall–Kier alpha value is -1.59. The summed E-state index contributed by atoms with van der Waals surface area (Å²) in [5.41, 5.74) is 5.76. The number of primary amides is 1. The number of benzene rings is 1. The molecule has 2 rings (SSSR count). The highest BCUT2D eigenvalue weighted by atomic mass is 35.5. The number of hydrogen-bond donors (Lipinski definition) is 2. The molecule has 6 heteroatoms. The van der Waals surface area contributed by atoms with Crippen LogP contribution < -0.4 is 11.1 Å². The number of hydrogen-bond acceptors (Lipinski definition) is 3. The summed E-state index contributed by atoms with van der Waals surface area (Å²) >= 11 is 5.92. The predicted octanol–water partition coefficient (Wildman–Crippen LogP) is 2.34. The lowest BCUT2D eigenvalue weighted by Gasteiger charge is -2.12. The van der Waals surface area contributed by atoms with Gasteiger partial charge in [0.05, 0.1) is 22.4 Å². The minimum atomic E-state index is -0.662.